The number of nitrogens with one attached hydrogen (secondary N) is 2. The molecule has 2 N–H and O–H groups in total. The lowest BCUT2D eigenvalue weighted by molar-refractivity contribution is 0.206. The first kappa shape index (κ1) is 22.6. The summed E-state index contributed by atoms with van der Waals surface area (Å²) in [6, 6.07) is 5.51. The van der Waals surface area contributed by atoms with Gasteiger partial charge >= 0.3 is 0 Å². The molecule has 0 aliphatic carbocycles. The Hall–Kier alpha value is -0.410. The first-order valence-electron chi connectivity index (χ1n) is 8.75. The van der Waals surface area contributed by atoms with Crippen LogP contribution in [0.15, 0.2) is 27.7 Å². The van der Waals surface area contributed by atoms with E-state index in [4.69, 9.17) is 0 Å². The largest absolute Gasteiger partial charge is 0.356 e. The summed E-state index contributed by atoms with van der Waals surface area (Å²) in [4.78, 5) is 6.80. The van der Waals surface area contributed by atoms with E-state index in [1.165, 1.54) is 19.0 Å². The maximum absolute atomic E-state index is 13.7. The highest BCUT2D eigenvalue weighted by Gasteiger charge is 2.19. The van der Waals surface area contributed by atoms with Crippen molar-refractivity contribution in [2.45, 2.75) is 38.6 Å². The Labute approximate surface area is 176 Å². The van der Waals surface area contributed by atoms with Crippen LogP contribution in [0.25, 0.3) is 0 Å². The SMILES string of the molecule is CCCN1CCC(NC(=NC)NCCc2cc(Br)ccc2F)CC1.I. The van der Waals surface area contributed by atoms with Gasteiger partial charge in [0.15, 0.2) is 5.96 Å². The summed E-state index contributed by atoms with van der Waals surface area (Å²) in [6.07, 6.45) is 4.12. The number of halogens is 3. The van der Waals surface area contributed by atoms with Gasteiger partial charge in [-0.1, -0.05) is 22.9 Å². The molecule has 0 radical (unpaired) electrons. The maximum Gasteiger partial charge on any atom is 0.191 e. The van der Waals surface area contributed by atoms with E-state index in [9.17, 15) is 4.39 Å². The first-order chi connectivity index (χ1) is 11.6. The van der Waals surface area contributed by atoms with Gasteiger partial charge in [-0.3, -0.25) is 4.99 Å². The average molecular weight is 527 g/mol. The summed E-state index contributed by atoms with van der Waals surface area (Å²) < 4.78 is 14.7. The van der Waals surface area contributed by atoms with Crippen molar-refractivity contribution in [2.75, 3.05) is 33.2 Å². The second-order valence-electron chi connectivity index (χ2n) is 6.24. The average Bonchev–Trinajstić information content (AvgIpc) is 2.59. The molecule has 1 aromatic rings. The summed E-state index contributed by atoms with van der Waals surface area (Å²) in [5.74, 6) is 0.644. The van der Waals surface area contributed by atoms with Gasteiger partial charge in [0.1, 0.15) is 5.82 Å². The summed E-state index contributed by atoms with van der Waals surface area (Å²) in [7, 11) is 1.78. The predicted octanol–water partition coefficient (Wildman–Crippen LogP) is 3.79. The van der Waals surface area contributed by atoms with Gasteiger partial charge in [-0.25, -0.2) is 4.39 Å². The van der Waals surface area contributed by atoms with Crippen LogP contribution in [0.2, 0.25) is 0 Å². The Morgan fingerprint density at radius 2 is 2.08 bits per heavy atom. The molecule has 1 aromatic carbocycles. The van der Waals surface area contributed by atoms with Crippen LogP contribution in [0.5, 0.6) is 0 Å². The van der Waals surface area contributed by atoms with E-state index in [2.05, 4.69) is 43.4 Å². The topological polar surface area (TPSA) is 39.7 Å². The Balaban J connectivity index is 0.00000312. The maximum atomic E-state index is 13.7. The molecular formula is C18H29BrFIN4. The molecule has 1 fully saturated rings. The predicted molar refractivity (Wildman–Crippen MR) is 117 cm³/mol. The van der Waals surface area contributed by atoms with Crippen molar-refractivity contribution < 1.29 is 4.39 Å². The summed E-state index contributed by atoms with van der Waals surface area (Å²) in [5, 5.41) is 6.78. The minimum Gasteiger partial charge on any atom is -0.356 e. The lowest BCUT2D eigenvalue weighted by atomic mass is 10.1. The normalized spacial score (nSPS) is 16.4. The van der Waals surface area contributed by atoms with Gasteiger partial charge < -0.3 is 15.5 Å². The van der Waals surface area contributed by atoms with Crippen molar-refractivity contribution in [3.8, 4) is 0 Å². The van der Waals surface area contributed by atoms with E-state index in [1.807, 2.05) is 6.07 Å². The zero-order chi connectivity index (χ0) is 17.4. The van der Waals surface area contributed by atoms with Crippen LogP contribution in [-0.4, -0.2) is 50.1 Å². The van der Waals surface area contributed by atoms with E-state index in [0.29, 0.717) is 24.6 Å². The monoisotopic (exact) mass is 526 g/mol. The second kappa shape index (κ2) is 12.1. The highest BCUT2D eigenvalue weighted by atomic mass is 127. The molecule has 1 aliphatic rings. The number of likely N-dealkylation sites (tertiary alicyclic amines) is 1. The summed E-state index contributed by atoms with van der Waals surface area (Å²) in [5.41, 5.74) is 0.709. The molecule has 0 bridgehead atoms. The molecule has 0 aromatic heterocycles. The first-order valence-corrected chi connectivity index (χ1v) is 9.55. The summed E-state index contributed by atoms with van der Waals surface area (Å²) >= 11 is 3.39. The third-order valence-electron chi connectivity index (χ3n) is 4.39. The van der Waals surface area contributed by atoms with Gasteiger partial charge in [-0.2, -0.15) is 0 Å². The fourth-order valence-electron chi connectivity index (χ4n) is 3.06. The molecule has 7 heteroatoms. The van der Waals surface area contributed by atoms with Crippen molar-refractivity contribution in [2.24, 2.45) is 4.99 Å². The molecule has 0 saturated carbocycles. The Bertz CT molecular complexity index is 548. The van der Waals surface area contributed by atoms with Crippen LogP contribution in [-0.2, 0) is 6.42 Å². The molecule has 0 unspecified atom stereocenters. The highest BCUT2D eigenvalue weighted by molar-refractivity contribution is 14.0. The minimum absolute atomic E-state index is 0. The highest BCUT2D eigenvalue weighted by Crippen LogP contribution is 2.15. The van der Waals surface area contributed by atoms with Crippen molar-refractivity contribution in [1.82, 2.24) is 15.5 Å². The van der Waals surface area contributed by atoms with Gasteiger partial charge in [0.25, 0.3) is 0 Å². The van der Waals surface area contributed by atoms with Crippen molar-refractivity contribution in [3.05, 3.63) is 34.1 Å². The minimum atomic E-state index is -0.161. The van der Waals surface area contributed by atoms with Crippen LogP contribution < -0.4 is 10.6 Å². The van der Waals surface area contributed by atoms with Gasteiger partial charge in [0, 0.05) is 37.2 Å². The molecule has 2 rings (SSSR count). The van der Waals surface area contributed by atoms with Crippen molar-refractivity contribution in [1.29, 1.82) is 0 Å². The van der Waals surface area contributed by atoms with Gasteiger partial charge in [0.05, 0.1) is 0 Å². The molecule has 1 heterocycles. The van der Waals surface area contributed by atoms with Gasteiger partial charge in [0.2, 0.25) is 0 Å². The van der Waals surface area contributed by atoms with Crippen LogP contribution in [0.3, 0.4) is 0 Å². The Kier molecular flexibility index (Phi) is 10.9. The molecule has 25 heavy (non-hydrogen) atoms. The van der Waals surface area contributed by atoms with Crippen LogP contribution in [0.1, 0.15) is 31.7 Å². The van der Waals surface area contributed by atoms with Crippen LogP contribution in [0, 0.1) is 5.82 Å². The molecule has 4 nitrogen and oxygen atoms in total. The molecule has 1 saturated heterocycles. The van der Waals surface area contributed by atoms with Gasteiger partial charge in [-0.15, -0.1) is 24.0 Å². The fourth-order valence-corrected chi connectivity index (χ4v) is 3.46. The third kappa shape index (κ3) is 7.78. The number of piperidine rings is 1. The number of guanidine groups is 1. The standard InChI is InChI=1S/C18H28BrFN4.HI/c1-3-10-24-11-7-16(8-12-24)23-18(21-2)22-9-6-14-13-15(19)4-5-17(14)20;/h4-5,13,16H,3,6-12H2,1-2H3,(H2,21,22,23);1H. The second-order valence-corrected chi connectivity index (χ2v) is 7.16. The van der Waals surface area contributed by atoms with Crippen molar-refractivity contribution >= 4 is 45.9 Å². The van der Waals surface area contributed by atoms with Crippen LogP contribution in [0.4, 0.5) is 4.39 Å². The lowest BCUT2D eigenvalue weighted by Gasteiger charge is -2.32. The Morgan fingerprint density at radius 3 is 2.72 bits per heavy atom. The van der Waals surface area contributed by atoms with E-state index >= 15 is 0 Å². The molecule has 0 spiro atoms. The number of aliphatic imine (C=N–C) groups is 1. The quantitative estimate of drug-likeness (QED) is 0.336. The van der Waals surface area contributed by atoms with E-state index in [0.717, 1.165) is 36.4 Å². The molecule has 1 aliphatic heterocycles. The van der Waals surface area contributed by atoms with E-state index in [1.54, 1.807) is 13.1 Å². The number of hydrogen-bond donors (Lipinski definition) is 2. The van der Waals surface area contributed by atoms with Crippen molar-refractivity contribution in [3.63, 3.8) is 0 Å². The number of rotatable bonds is 6. The zero-order valence-electron chi connectivity index (χ0n) is 15.0. The third-order valence-corrected chi connectivity index (χ3v) is 4.88. The van der Waals surface area contributed by atoms with Crippen LogP contribution >= 0.6 is 39.9 Å². The number of nitrogens with zero attached hydrogens (tertiary/aromatic N) is 2. The number of hydrogen-bond acceptors (Lipinski definition) is 2. The molecule has 142 valence electrons. The van der Waals surface area contributed by atoms with E-state index < -0.39 is 0 Å². The fraction of sp³-hybridized carbons (Fsp3) is 0.611. The molecular weight excluding hydrogens is 498 g/mol. The number of benzene rings is 1. The zero-order valence-corrected chi connectivity index (χ0v) is 18.9. The Morgan fingerprint density at radius 1 is 1.36 bits per heavy atom. The molecule has 0 atom stereocenters. The summed E-state index contributed by atoms with van der Waals surface area (Å²) in [6.45, 7) is 6.36. The lowest BCUT2D eigenvalue weighted by Crippen LogP contribution is -2.49. The van der Waals surface area contributed by atoms with E-state index in [-0.39, 0.29) is 29.8 Å². The smallest absolute Gasteiger partial charge is 0.191 e. The molecule has 0 amide bonds. The van der Waals surface area contributed by atoms with Gasteiger partial charge in [-0.05, 0) is 56.0 Å².